The summed E-state index contributed by atoms with van der Waals surface area (Å²) in [7, 11) is 0. The Morgan fingerprint density at radius 1 is 0.257 bits per heavy atom. The summed E-state index contributed by atoms with van der Waals surface area (Å²) in [6.45, 7) is 0. The number of fused-ring (bicyclic) bond motifs is 5. The average Bonchev–Trinajstić information content (AvgIpc) is 3.84. The summed E-state index contributed by atoms with van der Waals surface area (Å²) in [4.78, 5) is 2.45. The fraction of sp³-hybridized carbons (Fsp3) is 0. The minimum Gasteiger partial charge on any atom is -0.310 e. The first-order chi connectivity index (χ1) is 34.7. The Morgan fingerprint density at radius 3 is 1.39 bits per heavy atom. The van der Waals surface area contributed by atoms with Crippen molar-refractivity contribution in [2.24, 2.45) is 0 Å². The van der Waals surface area contributed by atoms with E-state index in [2.05, 4.69) is 278 Å². The molecule has 0 spiro atoms. The van der Waals surface area contributed by atoms with Crippen LogP contribution in [-0.2, 0) is 0 Å². The maximum absolute atomic E-state index is 2.45. The Labute approximate surface area is 412 Å². The number of hydrogen-bond acceptors (Lipinski definition) is 2. The lowest BCUT2D eigenvalue weighted by molar-refractivity contribution is 1.30. The van der Waals surface area contributed by atoms with Crippen molar-refractivity contribution < 1.29 is 0 Å². The zero-order valence-corrected chi connectivity index (χ0v) is 39.2. The van der Waals surface area contributed by atoms with E-state index in [0.29, 0.717) is 0 Å². The van der Waals surface area contributed by atoms with Gasteiger partial charge in [0.15, 0.2) is 0 Å². The van der Waals surface area contributed by atoms with Crippen molar-refractivity contribution in [2.75, 3.05) is 4.90 Å². The van der Waals surface area contributed by atoms with Crippen LogP contribution in [0.3, 0.4) is 0 Å². The topological polar surface area (TPSA) is 3.24 Å². The van der Waals surface area contributed by atoms with Crippen LogP contribution >= 0.6 is 11.3 Å². The zero-order valence-electron chi connectivity index (χ0n) is 38.3. The maximum atomic E-state index is 2.45. The Morgan fingerprint density at radius 2 is 0.714 bits per heavy atom. The molecule has 0 atom stereocenters. The van der Waals surface area contributed by atoms with Crippen LogP contribution in [0, 0.1) is 0 Å². The van der Waals surface area contributed by atoms with Gasteiger partial charge in [0.05, 0.1) is 5.69 Å². The Bertz CT molecular complexity index is 4050. The quantitative estimate of drug-likeness (QED) is 0.139. The summed E-state index contributed by atoms with van der Waals surface area (Å²) < 4.78 is 2.56. The lowest BCUT2D eigenvalue weighted by Gasteiger charge is -2.27. The molecule has 13 rings (SSSR count). The highest BCUT2D eigenvalue weighted by molar-refractivity contribution is 7.26. The molecule has 1 aromatic heterocycles. The van der Waals surface area contributed by atoms with Gasteiger partial charge < -0.3 is 4.90 Å². The molecule has 1 heterocycles. The van der Waals surface area contributed by atoms with E-state index in [1.807, 2.05) is 11.3 Å². The molecule has 12 aromatic carbocycles. The second-order valence-corrected chi connectivity index (χ2v) is 19.1. The van der Waals surface area contributed by atoms with Crippen molar-refractivity contribution in [3.8, 4) is 66.8 Å². The van der Waals surface area contributed by atoms with E-state index in [1.54, 1.807) is 0 Å². The first kappa shape index (κ1) is 41.4. The molecule has 328 valence electrons. The van der Waals surface area contributed by atoms with Gasteiger partial charge in [-0.05, 0) is 143 Å². The van der Waals surface area contributed by atoms with Crippen molar-refractivity contribution in [1.29, 1.82) is 0 Å². The fourth-order valence-corrected chi connectivity index (χ4v) is 11.7. The predicted molar refractivity (Wildman–Crippen MR) is 302 cm³/mol. The summed E-state index contributed by atoms with van der Waals surface area (Å²) >= 11 is 1.88. The fourth-order valence-electron chi connectivity index (χ4n) is 10.4. The van der Waals surface area contributed by atoms with Crippen molar-refractivity contribution in [3.63, 3.8) is 0 Å². The third-order valence-corrected chi connectivity index (χ3v) is 15.1. The number of nitrogens with zero attached hydrogens (tertiary/aromatic N) is 1. The van der Waals surface area contributed by atoms with Gasteiger partial charge in [0, 0.05) is 31.5 Å². The van der Waals surface area contributed by atoms with Gasteiger partial charge in [0.25, 0.3) is 0 Å². The second-order valence-electron chi connectivity index (χ2n) is 18.0. The molecule has 0 aliphatic carbocycles. The van der Waals surface area contributed by atoms with E-state index in [1.165, 1.54) is 108 Å². The van der Waals surface area contributed by atoms with Crippen molar-refractivity contribution in [2.45, 2.75) is 0 Å². The van der Waals surface area contributed by atoms with Crippen molar-refractivity contribution >= 4 is 70.1 Å². The number of benzene rings is 12. The summed E-state index contributed by atoms with van der Waals surface area (Å²) in [5.41, 5.74) is 17.8. The van der Waals surface area contributed by atoms with E-state index in [4.69, 9.17) is 0 Å². The van der Waals surface area contributed by atoms with Crippen molar-refractivity contribution in [1.82, 2.24) is 0 Å². The number of anilines is 3. The van der Waals surface area contributed by atoms with E-state index >= 15 is 0 Å². The molecule has 0 saturated carbocycles. The van der Waals surface area contributed by atoms with E-state index in [-0.39, 0.29) is 0 Å². The van der Waals surface area contributed by atoms with Gasteiger partial charge in [-0.25, -0.2) is 0 Å². The standard InChI is InChI=1S/C68H45NS/c1-2-17-49(18-3-1)61-41-42-65(67-64-27-12-13-28-66(64)70-68(61)67)69(57-37-33-48(34-38-57)53-21-14-22-54(43-53)55-31-29-46-15-4-6-19-51(46)44-55)58-39-35-50(36-40-58)59-23-8-10-25-62(59)63-26-11-9-24-60(63)56-32-30-47-16-5-7-20-52(47)45-56/h1-45H. The minimum atomic E-state index is 1.09. The molecule has 0 saturated heterocycles. The summed E-state index contributed by atoms with van der Waals surface area (Å²) in [6.07, 6.45) is 0. The lowest BCUT2D eigenvalue weighted by Crippen LogP contribution is -2.10. The number of thiophene rings is 1. The molecular formula is C68H45NS. The number of rotatable bonds is 9. The third-order valence-electron chi connectivity index (χ3n) is 13.9. The van der Waals surface area contributed by atoms with Gasteiger partial charge in [0.2, 0.25) is 0 Å². The van der Waals surface area contributed by atoms with Crippen LogP contribution < -0.4 is 4.90 Å². The normalized spacial score (nSPS) is 11.4. The third kappa shape index (κ3) is 7.52. The van der Waals surface area contributed by atoms with Gasteiger partial charge in [-0.3, -0.25) is 0 Å². The largest absolute Gasteiger partial charge is 0.310 e. The predicted octanol–water partition coefficient (Wildman–Crippen LogP) is 19.8. The van der Waals surface area contributed by atoms with Crippen LogP contribution in [0.2, 0.25) is 0 Å². The molecule has 1 nitrogen and oxygen atoms in total. The first-order valence-electron chi connectivity index (χ1n) is 24.0. The second kappa shape index (κ2) is 17.7. The summed E-state index contributed by atoms with van der Waals surface area (Å²) in [6, 6.07) is 100.0. The van der Waals surface area contributed by atoms with Crippen LogP contribution in [0.15, 0.2) is 273 Å². The Kier molecular flexibility index (Phi) is 10.5. The highest BCUT2D eigenvalue weighted by atomic mass is 32.1. The van der Waals surface area contributed by atoms with E-state index < -0.39 is 0 Å². The zero-order chi connectivity index (χ0) is 46.4. The molecule has 70 heavy (non-hydrogen) atoms. The number of hydrogen-bond donors (Lipinski definition) is 0. The maximum Gasteiger partial charge on any atom is 0.0555 e. The molecule has 2 heteroatoms. The molecule has 0 radical (unpaired) electrons. The van der Waals surface area contributed by atoms with Gasteiger partial charge in [-0.2, -0.15) is 0 Å². The van der Waals surface area contributed by atoms with Crippen LogP contribution in [0.1, 0.15) is 0 Å². The van der Waals surface area contributed by atoms with Crippen LogP contribution in [0.4, 0.5) is 17.1 Å². The molecular weight excluding hydrogens is 863 g/mol. The Balaban J connectivity index is 0.928. The molecule has 0 fully saturated rings. The van der Waals surface area contributed by atoms with E-state index in [0.717, 1.165) is 17.1 Å². The molecule has 0 bridgehead atoms. The van der Waals surface area contributed by atoms with Gasteiger partial charge >= 0.3 is 0 Å². The van der Waals surface area contributed by atoms with Crippen LogP contribution in [0.5, 0.6) is 0 Å². The SMILES string of the molecule is c1ccc(-c2ccc(N(c3ccc(-c4cccc(-c5ccc6ccccc6c5)c4)cc3)c3ccc(-c4ccccc4-c4ccccc4-c4ccc5ccccc5c4)cc3)c3c2sc2ccccc23)cc1. The van der Waals surface area contributed by atoms with Gasteiger partial charge in [-0.1, -0.05) is 218 Å². The average molecular weight is 908 g/mol. The monoisotopic (exact) mass is 907 g/mol. The molecule has 0 aliphatic rings. The molecule has 0 aliphatic heterocycles. The van der Waals surface area contributed by atoms with Crippen LogP contribution in [-0.4, -0.2) is 0 Å². The minimum absolute atomic E-state index is 1.09. The van der Waals surface area contributed by atoms with Gasteiger partial charge in [-0.15, -0.1) is 11.3 Å². The summed E-state index contributed by atoms with van der Waals surface area (Å²) in [5, 5.41) is 7.51. The highest BCUT2D eigenvalue weighted by Crippen LogP contribution is 2.49. The van der Waals surface area contributed by atoms with Crippen LogP contribution in [0.25, 0.3) is 108 Å². The molecule has 0 unspecified atom stereocenters. The molecule has 13 aromatic rings. The Hall–Kier alpha value is -8.82. The first-order valence-corrected chi connectivity index (χ1v) is 24.8. The highest BCUT2D eigenvalue weighted by Gasteiger charge is 2.22. The van der Waals surface area contributed by atoms with E-state index in [9.17, 15) is 0 Å². The summed E-state index contributed by atoms with van der Waals surface area (Å²) in [5.74, 6) is 0. The molecule has 0 N–H and O–H groups in total. The molecule has 0 amide bonds. The lowest BCUT2D eigenvalue weighted by atomic mass is 9.89. The van der Waals surface area contributed by atoms with Crippen molar-refractivity contribution in [3.05, 3.63) is 273 Å². The smallest absolute Gasteiger partial charge is 0.0555 e. The van der Waals surface area contributed by atoms with Gasteiger partial charge in [0.1, 0.15) is 0 Å².